The van der Waals surface area contributed by atoms with Crippen molar-refractivity contribution >= 4 is 73.6 Å². The Morgan fingerprint density at radius 2 is 1.72 bits per heavy atom. The monoisotopic (exact) mass is 624 g/mol. The van der Waals surface area contributed by atoms with Crippen LogP contribution in [0.1, 0.15) is 21.6 Å². The summed E-state index contributed by atoms with van der Waals surface area (Å²) < 4.78 is 15.0. The summed E-state index contributed by atoms with van der Waals surface area (Å²) in [7, 11) is 0. The van der Waals surface area contributed by atoms with Gasteiger partial charge in [-0.15, -0.1) is 23.1 Å². The van der Waals surface area contributed by atoms with Crippen LogP contribution in [-0.4, -0.2) is 28.5 Å². The highest BCUT2D eigenvalue weighted by atomic mass is 79.9. The minimum Gasteiger partial charge on any atom is -0.321 e. The van der Waals surface area contributed by atoms with Gasteiger partial charge in [0.05, 0.1) is 17.0 Å². The maximum absolute atomic E-state index is 14.2. The number of rotatable bonds is 9. The number of hydrogen-bond donors (Lipinski definition) is 3. The third-order valence-electron chi connectivity index (χ3n) is 5.14. The van der Waals surface area contributed by atoms with Gasteiger partial charge in [0.25, 0.3) is 11.8 Å². The molecule has 0 spiro atoms. The third kappa shape index (κ3) is 8.34. The zero-order valence-electron chi connectivity index (χ0n) is 20.5. The van der Waals surface area contributed by atoms with Gasteiger partial charge in [-0.1, -0.05) is 40.2 Å². The van der Waals surface area contributed by atoms with Crippen molar-refractivity contribution in [2.75, 3.05) is 16.4 Å². The molecule has 4 rings (SSSR count). The number of aromatic nitrogens is 1. The van der Waals surface area contributed by atoms with Crippen LogP contribution < -0.4 is 16.0 Å². The van der Waals surface area contributed by atoms with Crippen molar-refractivity contribution in [3.05, 3.63) is 111 Å². The second kappa shape index (κ2) is 13.3. The number of carbonyl (C=O) groups excluding carboxylic acids is 3. The zero-order valence-corrected chi connectivity index (χ0v) is 23.8. The molecule has 1 aromatic heterocycles. The molecule has 39 heavy (non-hydrogen) atoms. The average Bonchev–Trinajstić information content (AvgIpc) is 3.33. The number of nitrogens with zero attached hydrogens (tertiary/aromatic N) is 1. The highest BCUT2D eigenvalue weighted by molar-refractivity contribution is 9.10. The van der Waals surface area contributed by atoms with Crippen molar-refractivity contribution in [1.29, 1.82) is 0 Å². The van der Waals surface area contributed by atoms with Crippen LogP contribution in [0.25, 0.3) is 6.08 Å². The summed E-state index contributed by atoms with van der Waals surface area (Å²) in [6.07, 6.45) is 1.51. The molecule has 0 aliphatic rings. The first-order valence-electron chi connectivity index (χ1n) is 11.6. The fraction of sp³-hybridized carbons (Fsp3) is 0.0714. The van der Waals surface area contributed by atoms with Gasteiger partial charge in [0.2, 0.25) is 5.91 Å². The van der Waals surface area contributed by atoms with E-state index in [1.807, 2.05) is 12.3 Å². The Kier molecular flexibility index (Phi) is 9.64. The van der Waals surface area contributed by atoms with Gasteiger partial charge in [-0.2, -0.15) is 0 Å². The van der Waals surface area contributed by atoms with Gasteiger partial charge < -0.3 is 16.0 Å². The number of halogens is 2. The summed E-state index contributed by atoms with van der Waals surface area (Å²) in [4.78, 5) is 43.1. The summed E-state index contributed by atoms with van der Waals surface area (Å²) in [5.41, 5.74) is 1.76. The van der Waals surface area contributed by atoms with E-state index >= 15 is 0 Å². The molecule has 0 aliphatic carbocycles. The fourth-order valence-corrected chi connectivity index (χ4v) is 4.93. The summed E-state index contributed by atoms with van der Waals surface area (Å²) in [6, 6.07) is 19.6. The number of anilines is 2. The van der Waals surface area contributed by atoms with E-state index in [-0.39, 0.29) is 22.9 Å². The molecule has 3 aromatic carbocycles. The van der Waals surface area contributed by atoms with Crippen molar-refractivity contribution in [3.8, 4) is 0 Å². The Hall–Kier alpha value is -3.80. The molecule has 3 amide bonds. The van der Waals surface area contributed by atoms with Crippen molar-refractivity contribution in [2.45, 2.75) is 11.8 Å². The number of thioether (sulfide) groups is 1. The second-order valence-electron chi connectivity index (χ2n) is 8.15. The summed E-state index contributed by atoms with van der Waals surface area (Å²) >= 11 is 6.08. The van der Waals surface area contributed by atoms with E-state index in [1.54, 1.807) is 54.6 Å². The highest BCUT2D eigenvalue weighted by Crippen LogP contribution is 2.22. The minimum absolute atomic E-state index is 0.0573. The van der Waals surface area contributed by atoms with Gasteiger partial charge >= 0.3 is 0 Å². The van der Waals surface area contributed by atoms with E-state index in [4.69, 9.17) is 0 Å². The molecule has 3 N–H and O–H groups in total. The molecule has 0 radical (unpaired) electrons. The van der Waals surface area contributed by atoms with E-state index in [9.17, 15) is 18.8 Å². The second-order valence-corrected chi connectivity index (χ2v) is 11.0. The SMILES string of the molecule is Cc1csc(NC(=O)CSc2ccc(NC(=O)/C(=C\c3ccc(Br)cc3)NC(=O)c3ccccc3F)cc2)n1. The van der Waals surface area contributed by atoms with Gasteiger partial charge in [0.1, 0.15) is 11.5 Å². The molecule has 198 valence electrons. The summed E-state index contributed by atoms with van der Waals surface area (Å²) in [5.74, 6) is -1.99. The zero-order chi connectivity index (χ0) is 27.8. The smallest absolute Gasteiger partial charge is 0.272 e. The lowest BCUT2D eigenvalue weighted by Gasteiger charge is -2.12. The predicted octanol–water partition coefficient (Wildman–Crippen LogP) is 6.49. The third-order valence-corrected chi connectivity index (χ3v) is 7.56. The number of aryl methyl sites for hydroxylation is 1. The molecule has 11 heteroatoms. The Bertz CT molecular complexity index is 1520. The Labute approximate surface area is 241 Å². The Morgan fingerprint density at radius 3 is 2.38 bits per heavy atom. The first-order chi connectivity index (χ1) is 18.8. The van der Waals surface area contributed by atoms with Gasteiger partial charge in [-0.3, -0.25) is 14.4 Å². The van der Waals surface area contributed by atoms with Gasteiger partial charge in [0, 0.05) is 20.4 Å². The van der Waals surface area contributed by atoms with Crippen LogP contribution in [0.5, 0.6) is 0 Å². The topological polar surface area (TPSA) is 100 Å². The molecule has 0 bridgehead atoms. The van der Waals surface area contributed by atoms with Crippen LogP contribution in [0.3, 0.4) is 0 Å². The lowest BCUT2D eigenvalue weighted by molar-refractivity contribution is -0.114. The molecule has 7 nitrogen and oxygen atoms in total. The van der Waals surface area contributed by atoms with Crippen LogP contribution in [-0.2, 0) is 9.59 Å². The molecule has 0 aliphatic heterocycles. The molecule has 0 saturated carbocycles. The predicted molar refractivity (Wildman–Crippen MR) is 157 cm³/mol. The van der Waals surface area contributed by atoms with Crippen LogP contribution in [0.15, 0.2) is 93.2 Å². The molecule has 1 heterocycles. The molecule has 0 unspecified atom stereocenters. The maximum atomic E-state index is 14.2. The van der Waals surface area contributed by atoms with Crippen molar-refractivity contribution in [1.82, 2.24) is 10.3 Å². The van der Waals surface area contributed by atoms with Crippen molar-refractivity contribution in [2.24, 2.45) is 0 Å². The Morgan fingerprint density at radius 1 is 1.00 bits per heavy atom. The van der Waals surface area contributed by atoms with Gasteiger partial charge in [0.15, 0.2) is 5.13 Å². The maximum Gasteiger partial charge on any atom is 0.272 e. The quantitative estimate of drug-likeness (QED) is 0.146. The molecular formula is C28H22BrFN4O3S2. The fourth-order valence-electron chi connectivity index (χ4n) is 3.27. The lowest BCUT2D eigenvalue weighted by Crippen LogP contribution is -2.31. The van der Waals surface area contributed by atoms with Crippen LogP contribution in [0, 0.1) is 12.7 Å². The summed E-state index contributed by atoms with van der Waals surface area (Å²) in [5, 5.41) is 10.5. The molecule has 4 aromatic rings. The van der Waals surface area contributed by atoms with Crippen molar-refractivity contribution < 1.29 is 18.8 Å². The Balaban J connectivity index is 1.42. The van der Waals surface area contributed by atoms with Crippen LogP contribution in [0.2, 0.25) is 0 Å². The van der Waals surface area contributed by atoms with Crippen LogP contribution >= 0.6 is 39.0 Å². The van der Waals surface area contributed by atoms with Crippen molar-refractivity contribution in [3.63, 3.8) is 0 Å². The molecular weight excluding hydrogens is 603 g/mol. The number of thiazole rings is 1. The number of hydrogen-bond acceptors (Lipinski definition) is 6. The molecule has 0 saturated heterocycles. The van der Waals surface area contributed by atoms with Gasteiger partial charge in [-0.05, 0) is 67.1 Å². The van der Waals surface area contributed by atoms with Crippen LogP contribution in [0.4, 0.5) is 15.2 Å². The number of carbonyl (C=O) groups is 3. The van der Waals surface area contributed by atoms with E-state index in [0.717, 1.165) is 15.1 Å². The first-order valence-corrected chi connectivity index (χ1v) is 14.2. The van der Waals surface area contributed by atoms with E-state index in [2.05, 4.69) is 36.9 Å². The number of nitrogens with one attached hydrogen (secondary N) is 3. The minimum atomic E-state index is -0.746. The normalized spacial score (nSPS) is 11.1. The molecule has 0 fully saturated rings. The largest absolute Gasteiger partial charge is 0.321 e. The standard InChI is InChI=1S/C28H22BrFN4O3S2/c1-17-15-39-28(31-17)34-25(35)16-38-21-12-10-20(11-13-21)32-27(37)24(14-18-6-8-19(29)9-7-18)33-26(36)22-4-2-3-5-23(22)30/h2-15H,16H2,1H3,(H,32,37)(H,33,36)(H,31,34,35)/b24-14+. The number of benzene rings is 3. The lowest BCUT2D eigenvalue weighted by atomic mass is 10.1. The van der Waals surface area contributed by atoms with E-state index in [1.165, 1.54) is 47.4 Å². The summed E-state index contributed by atoms with van der Waals surface area (Å²) in [6.45, 7) is 1.86. The van der Waals surface area contributed by atoms with E-state index in [0.29, 0.717) is 16.4 Å². The average molecular weight is 626 g/mol. The van der Waals surface area contributed by atoms with Gasteiger partial charge in [-0.25, -0.2) is 9.37 Å². The molecule has 0 atom stereocenters. The van der Waals surface area contributed by atoms with E-state index < -0.39 is 17.6 Å². The number of amides is 3. The highest BCUT2D eigenvalue weighted by Gasteiger charge is 2.17. The first kappa shape index (κ1) is 28.2.